The highest BCUT2D eigenvalue weighted by atomic mass is 16.5. The van der Waals surface area contributed by atoms with Gasteiger partial charge in [0.1, 0.15) is 5.78 Å². The molecule has 0 atom stereocenters. The van der Waals surface area contributed by atoms with Crippen LogP contribution >= 0.6 is 0 Å². The summed E-state index contributed by atoms with van der Waals surface area (Å²) in [6.07, 6.45) is 10.6. The van der Waals surface area contributed by atoms with Crippen molar-refractivity contribution in [1.29, 1.82) is 0 Å². The molecule has 0 fully saturated rings. The summed E-state index contributed by atoms with van der Waals surface area (Å²) in [5.41, 5.74) is 0. The van der Waals surface area contributed by atoms with Crippen LogP contribution in [0.3, 0.4) is 0 Å². The molecular formula is C15H28O3. The fourth-order valence-corrected chi connectivity index (χ4v) is 1.92. The molecule has 0 N–H and O–H groups in total. The highest BCUT2D eigenvalue weighted by molar-refractivity contribution is 5.78. The van der Waals surface area contributed by atoms with E-state index in [-0.39, 0.29) is 5.97 Å². The second-order valence-electron chi connectivity index (χ2n) is 4.84. The average molecular weight is 256 g/mol. The lowest BCUT2D eigenvalue weighted by Crippen LogP contribution is -2.00. The number of esters is 1. The van der Waals surface area contributed by atoms with Crippen molar-refractivity contribution < 1.29 is 14.3 Å². The predicted octanol–water partition coefficient (Wildman–Crippen LogP) is 4.04. The average Bonchev–Trinajstić information content (AvgIpc) is 2.37. The fourth-order valence-electron chi connectivity index (χ4n) is 1.92. The Morgan fingerprint density at radius 3 is 1.83 bits per heavy atom. The molecule has 0 bridgehead atoms. The van der Waals surface area contributed by atoms with Gasteiger partial charge in [-0.05, 0) is 19.3 Å². The molecule has 0 aliphatic heterocycles. The molecule has 0 amide bonds. The Labute approximate surface area is 111 Å². The number of unbranched alkanes of at least 4 members (excludes halogenated alkanes) is 6. The Balaban J connectivity index is 3.24. The van der Waals surface area contributed by atoms with E-state index in [1.807, 2.05) is 0 Å². The van der Waals surface area contributed by atoms with E-state index in [9.17, 15) is 9.59 Å². The Kier molecular flexibility index (Phi) is 12.0. The lowest BCUT2D eigenvalue weighted by Gasteiger charge is -2.02. The molecule has 18 heavy (non-hydrogen) atoms. The molecule has 0 aliphatic rings. The van der Waals surface area contributed by atoms with Crippen molar-refractivity contribution in [2.45, 2.75) is 77.6 Å². The molecule has 0 aliphatic carbocycles. The zero-order valence-electron chi connectivity index (χ0n) is 12.0. The van der Waals surface area contributed by atoms with Crippen molar-refractivity contribution in [3.8, 4) is 0 Å². The molecule has 0 aromatic rings. The normalized spacial score (nSPS) is 10.3. The van der Waals surface area contributed by atoms with Crippen LogP contribution in [-0.2, 0) is 14.3 Å². The summed E-state index contributed by atoms with van der Waals surface area (Å²) in [6.45, 7) is 2.19. The van der Waals surface area contributed by atoms with Crippen molar-refractivity contribution in [1.82, 2.24) is 0 Å². The van der Waals surface area contributed by atoms with Gasteiger partial charge in [0.05, 0.1) is 7.11 Å². The molecule has 0 spiro atoms. The molecule has 3 heteroatoms. The van der Waals surface area contributed by atoms with Crippen LogP contribution in [0.1, 0.15) is 77.6 Å². The molecule has 0 saturated carbocycles. The molecule has 0 rings (SSSR count). The van der Waals surface area contributed by atoms with E-state index < -0.39 is 0 Å². The third kappa shape index (κ3) is 11.6. The maximum Gasteiger partial charge on any atom is 0.305 e. The number of ether oxygens (including phenoxy) is 1. The van der Waals surface area contributed by atoms with E-state index in [1.165, 1.54) is 32.8 Å². The SMILES string of the molecule is CCCCCCCC(=O)CCCCCC(=O)OC. The van der Waals surface area contributed by atoms with Gasteiger partial charge in [-0.25, -0.2) is 0 Å². The molecule has 0 radical (unpaired) electrons. The topological polar surface area (TPSA) is 43.4 Å². The van der Waals surface area contributed by atoms with Crippen molar-refractivity contribution in [2.24, 2.45) is 0 Å². The van der Waals surface area contributed by atoms with Crippen molar-refractivity contribution in [2.75, 3.05) is 7.11 Å². The molecule has 106 valence electrons. The molecule has 0 aromatic heterocycles. The summed E-state index contributed by atoms with van der Waals surface area (Å²) < 4.78 is 4.56. The highest BCUT2D eigenvalue weighted by Crippen LogP contribution is 2.09. The van der Waals surface area contributed by atoms with Crippen molar-refractivity contribution >= 4 is 11.8 Å². The van der Waals surface area contributed by atoms with Gasteiger partial charge in [-0.1, -0.05) is 39.0 Å². The van der Waals surface area contributed by atoms with Crippen LogP contribution in [0.15, 0.2) is 0 Å². The molecule has 0 aromatic carbocycles. The molecule has 0 unspecified atom stereocenters. The van der Waals surface area contributed by atoms with Gasteiger partial charge in [0, 0.05) is 19.3 Å². The second-order valence-corrected chi connectivity index (χ2v) is 4.84. The van der Waals surface area contributed by atoms with Crippen LogP contribution in [0.2, 0.25) is 0 Å². The first-order valence-corrected chi connectivity index (χ1v) is 7.29. The molecular weight excluding hydrogens is 228 g/mol. The monoisotopic (exact) mass is 256 g/mol. The third-order valence-electron chi connectivity index (χ3n) is 3.12. The number of hydrogen-bond donors (Lipinski definition) is 0. The first-order chi connectivity index (χ1) is 8.70. The van der Waals surface area contributed by atoms with Gasteiger partial charge in [0.15, 0.2) is 0 Å². The maximum atomic E-state index is 11.5. The van der Waals surface area contributed by atoms with E-state index >= 15 is 0 Å². The summed E-state index contributed by atoms with van der Waals surface area (Å²) in [5.74, 6) is 0.224. The summed E-state index contributed by atoms with van der Waals surface area (Å²) in [7, 11) is 1.41. The van der Waals surface area contributed by atoms with Crippen LogP contribution in [0, 0.1) is 0 Å². The van der Waals surface area contributed by atoms with E-state index in [2.05, 4.69) is 11.7 Å². The predicted molar refractivity (Wildman–Crippen MR) is 73.5 cm³/mol. The quantitative estimate of drug-likeness (QED) is 0.391. The summed E-state index contributed by atoms with van der Waals surface area (Å²) in [5, 5.41) is 0. The Morgan fingerprint density at radius 1 is 0.778 bits per heavy atom. The fraction of sp³-hybridized carbons (Fsp3) is 0.867. The van der Waals surface area contributed by atoms with Gasteiger partial charge in [-0.15, -0.1) is 0 Å². The molecule has 0 heterocycles. The van der Waals surface area contributed by atoms with Gasteiger partial charge in [0.25, 0.3) is 0 Å². The standard InChI is InChI=1S/C15H28O3/c1-3-4-5-6-8-11-14(16)12-9-7-10-13-15(17)18-2/h3-13H2,1-2H3. The summed E-state index contributed by atoms with van der Waals surface area (Å²) in [6, 6.07) is 0. The lowest BCUT2D eigenvalue weighted by molar-refractivity contribution is -0.140. The number of Topliss-reactive ketones (excluding diaryl/α,β-unsaturated/α-hetero) is 1. The first kappa shape index (κ1) is 17.1. The van der Waals surface area contributed by atoms with Crippen LogP contribution in [-0.4, -0.2) is 18.9 Å². The van der Waals surface area contributed by atoms with Gasteiger partial charge < -0.3 is 4.74 Å². The second kappa shape index (κ2) is 12.6. The van der Waals surface area contributed by atoms with E-state index in [0.29, 0.717) is 18.6 Å². The van der Waals surface area contributed by atoms with Crippen LogP contribution in [0.25, 0.3) is 0 Å². The minimum Gasteiger partial charge on any atom is -0.469 e. The Hall–Kier alpha value is -0.860. The maximum absolute atomic E-state index is 11.5. The van der Waals surface area contributed by atoms with Gasteiger partial charge in [-0.3, -0.25) is 9.59 Å². The zero-order chi connectivity index (χ0) is 13.6. The van der Waals surface area contributed by atoms with Crippen molar-refractivity contribution in [3.05, 3.63) is 0 Å². The number of ketones is 1. The van der Waals surface area contributed by atoms with Gasteiger partial charge >= 0.3 is 5.97 Å². The summed E-state index contributed by atoms with van der Waals surface area (Å²) >= 11 is 0. The van der Waals surface area contributed by atoms with Gasteiger partial charge in [0.2, 0.25) is 0 Å². The highest BCUT2D eigenvalue weighted by Gasteiger charge is 2.03. The number of carbonyl (C=O) groups is 2. The summed E-state index contributed by atoms with van der Waals surface area (Å²) in [4.78, 5) is 22.4. The first-order valence-electron chi connectivity index (χ1n) is 7.29. The lowest BCUT2D eigenvalue weighted by atomic mass is 10.0. The van der Waals surface area contributed by atoms with E-state index in [4.69, 9.17) is 0 Å². The van der Waals surface area contributed by atoms with Crippen LogP contribution in [0.4, 0.5) is 0 Å². The van der Waals surface area contributed by atoms with Crippen LogP contribution in [0.5, 0.6) is 0 Å². The number of carbonyl (C=O) groups excluding carboxylic acids is 2. The van der Waals surface area contributed by atoms with Gasteiger partial charge in [-0.2, -0.15) is 0 Å². The Morgan fingerprint density at radius 2 is 1.28 bits per heavy atom. The Bertz CT molecular complexity index is 224. The number of methoxy groups -OCH3 is 1. The minimum absolute atomic E-state index is 0.155. The largest absolute Gasteiger partial charge is 0.469 e. The van der Waals surface area contributed by atoms with Crippen LogP contribution < -0.4 is 0 Å². The smallest absolute Gasteiger partial charge is 0.305 e. The third-order valence-corrected chi connectivity index (χ3v) is 3.12. The minimum atomic E-state index is -0.155. The molecule has 0 saturated heterocycles. The van der Waals surface area contributed by atoms with Crippen molar-refractivity contribution in [3.63, 3.8) is 0 Å². The zero-order valence-corrected chi connectivity index (χ0v) is 12.0. The molecule has 3 nitrogen and oxygen atoms in total. The van der Waals surface area contributed by atoms with E-state index in [0.717, 1.165) is 32.1 Å². The number of rotatable bonds is 12. The number of hydrogen-bond acceptors (Lipinski definition) is 3. The van der Waals surface area contributed by atoms with E-state index in [1.54, 1.807) is 0 Å².